The second kappa shape index (κ2) is 55.4. The largest absolute Gasteiger partial charge is 0.462 e. The van der Waals surface area contributed by atoms with Crippen LogP contribution in [0.4, 0.5) is 0 Å². The van der Waals surface area contributed by atoms with Crippen LogP contribution in [0.25, 0.3) is 0 Å². The van der Waals surface area contributed by atoms with Gasteiger partial charge in [-0.15, -0.1) is 0 Å². The summed E-state index contributed by atoms with van der Waals surface area (Å²) in [4.78, 5) is 25.5. The monoisotopic (exact) mass is 899 g/mol. The molecule has 0 radical (unpaired) electrons. The van der Waals surface area contributed by atoms with Gasteiger partial charge in [-0.25, -0.2) is 0 Å². The minimum atomic E-state index is -0.538. The molecule has 0 aliphatic heterocycles. The van der Waals surface area contributed by atoms with E-state index in [0.29, 0.717) is 19.4 Å². The quantitative estimate of drug-likeness (QED) is 0.0346. The van der Waals surface area contributed by atoms with Crippen LogP contribution in [0.2, 0.25) is 0 Å². The molecule has 5 heteroatoms. The fourth-order valence-corrected chi connectivity index (χ4v) is 8.36. The van der Waals surface area contributed by atoms with Crippen LogP contribution >= 0.6 is 0 Å². The van der Waals surface area contributed by atoms with E-state index in [1.165, 1.54) is 212 Å². The standard InChI is InChI=1S/C59H110O5/c1-4-7-10-13-16-19-22-25-28-29-30-33-36-39-42-45-48-51-54-62-55-57(64-59(61)53-50-47-44-41-38-35-32-27-24-21-18-15-12-9-6-3)56-63-58(60)52-49-46-43-40-37-34-31-26-23-20-17-14-11-8-5-2/h16,19,25-26,28,31,57H,4-15,17-18,20-24,27,29-30,32-56H2,1-3H3/b19-16-,28-25-,31-26-. The third kappa shape index (κ3) is 52.7. The Morgan fingerprint density at radius 2 is 0.656 bits per heavy atom. The molecule has 1 atom stereocenters. The van der Waals surface area contributed by atoms with Crippen molar-refractivity contribution in [2.75, 3.05) is 19.8 Å². The van der Waals surface area contributed by atoms with Crippen LogP contribution in [0.5, 0.6) is 0 Å². The maximum absolute atomic E-state index is 12.8. The van der Waals surface area contributed by atoms with Gasteiger partial charge in [0.1, 0.15) is 6.61 Å². The van der Waals surface area contributed by atoms with Gasteiger partial charge in [0, 0.05) is 19.4 Å². The van der Waals surface area contributed by atoms with Crippen LogP contribution in [-0.2, 0) is 23.8 Å². The number of ether oxygens (including phenoxy) is 3. The van der Waals surface area contributed by atoms with E-state index in [2.05, 4.69) is 57.2 Å². The molecule has 0 amide bonds. The summed E-state index contributed by atoms with van der Waals surface area (Å²) in [5.41, 5.74) is 0. The highest BCUT2D eigenvalue weighted by Crippen LogP contribution is 2.16. The fraction of sp³-hybridized carbons (Fsp3) is 0.864. The Balaban J connectivity index is 4.25. The first-order chi connectivity index (χ1) is 31.6. The van der Waals surface area contributed by atoms with Crippen LogP contribution in [-0.4, -0.2) is 37.9 Å². The third-order valence-corrected chi connectivity index (χ3v) is 12.6. The number of hydrogen-bond donors (Lipinski definition) is 0. The van der Waals surface area contributed by atoms with Gasteiger partial charge in [0.15, 0.2) is 6.10 Å². The predicted molar refractivity (Wildman–Crippen MR) is 279 cm³/mol. The van der Waals surface area contributed by atoms with Crippen molar-refractivity contribution in [3.8, 4) is 0 Å². The molecule has 1 unspecified atom stereocenters. The smallest absolute Gasteiger partial charge is 0.306 e. The highest BCUT2D eigenvalue weighted by atomic mass is 16.6. The molecule has 0 aliphatic rings. The van der Waals surface area contributed by atoms with Gasteiger partial charge >= 0.3 is 11.9 Å². The molecular weight excluding hydrogens is 789 g/mol. The highest BCUT2D eigenvalue weighted by molar-refractivity contribution is 5.70. The Morgan fingerprint density at radius 1 is 0.344 bits per heavy atom. The van der Waals surface area contributed by atoms with Crippen molar-refractivity contribution >= 4 is 11.9 Å². The molecule has 0 fully saturated rings. The number of carbonyl (C=O) groups excluding carboxylic acids is 2. The van der Waals surface area contributed by atoms with E-state index in [1.807, 2.05) is 0 Å². The first kappa shape index (κ1) is 62.1. The summed E-state index contributed by atoms with van der Waals surface area (Å²) in [5.74, 6) is -0.392. The first-order valence-electron chi connectivity index (χ1n) is 28.5. The topological polar surface area (TPSA) is 61.8 Å². The number of hydrogen-bond acceptors (Lipinski definition) is 5. The van der Waals surface area contributed by atoms with E-state index < -0.39 is 6.10 Å². The average Bonchev–Trinajstić information content (AvgIpc) is 3.30. The Bertz CT molecular complexity index is 1020. The second-order valence-electron chi connectivity index (χ2n) is 19.2. The molecule has 0 aromatic rings. The number of unbranched alkanes of at least 4 members (excludes halogenated alkanes) is 36. The van der Waals surface area contributed by atoms with Crippen molar-refractivity contribution in [2.45, 2.75) is 309 Å². The van der Waals surface area contributed by atoms with Crippen LogP contribution in [0, 0.1) is 0 Å². The van der Waals surface area contributed by atoms with Crippen molar-refractivity contribution in [3.05, 3.63) is 36.5 Å². The van der Waals surface area contributed by atoms with Crippen molar-refractivity contribution < 1.29 is 23.8 Å². The summed E-state index contributed by atoms with van der Waals surface area (Å²) in [6.07, 6.45) is 67.3. The van der Waals surface area contributed by atoms with E-state index in [0.717, 1.165) is 57.8 Å². The molecule has 0 saturated carbocycles. The third-order valence-electron chi connectivity index (χ3n) is 12.6. The van der Waals surface area contributed by atoms with E-state index in [4.69, 9.17) is 14.2 Å². The van der Waals surface area contributed by atoms with E-state index >= 15 is 0 Å². The van der Waals surface area contributed by atoms with Crippen molar-refractivity contribution in [1.82, 2.24) is 0 Å². The number of allylic oxidation sites excluding steroid dienone is 6. The highest BCUT2D eigenvalue weighted by Gasteiger charge is 2.17. The summed E-state index contributed by atoms with van der Waals surface area (Å²) < 4.78 is 17.5. The number of esters is 2. The fourth-order valence-electron chi connectivity index (χ4n) is 8.36. The predicted octanol–water partition coefficient (Wildman–Crippen LogP) is 19.4. The van der Waals surface area contributed by atoms with Crippen molar-refractivity contribution in [1.29, 1.82) is 0 Å². The zero-order chi connectivity index (χ0) is 46.3. The summed E-state index contributed by atoms with van der Waals surface area (Å²) >= 11 is 0. The lowest BCUT2D eigenvalue weighted by Crippen LogP contribution is -2.30. The molecule has 0 bridgehead atoms. The van der Waals surface area contributed by atoms with E-state index in [9.17, 15) is 9.59 Å². The second-order valence-corrected chi connectivity index (χ2v) is 19.2. The summed E-state index contributed by atoms with van der Waals surface area (Å²) in [5, 5.41) is 0. The van der Waals surface area contributed by atoms with Crippen molar-refractivity contribution in [3.63, 3.8) is 0 Å². The molecule has 0 spiro atoms. The molecule has 0 heterocycles. The average molecular weight is 900 g/mol. The van der Waals surface area contributed by atoms with Crippen LogP contribution in [0.3, 0.4) is 0 Å². The Hall–Kier alpha value is -1.88. The Morgan fingerprint density at radius 3 is 1.08 bits per heavy atom. The SMILES string of the molecule is CCCCC/C=C\C/C=C\CCCCCCCCCCOCC(COC(=O)CCCCCCC/C=C\CCCCCCCC)OC(=O)CCCCCCCCCCCCCCCCC. The van der Waals surface area contributed by atoms with Crippen LogP contribution in [0.1, 0.15) is 303 Å². The lowest BCUT2D eigenvalue weighted by molar-refractivity contribution is -0.163. The molecule has 64 heavy (non-hydrogen) atoms. The van der Waals surface area contributed by atoms with Crippen LogP contribution in [0.15, 0.2) is 36.5 Å². The molecule has 0 rings (SSSR count). The summed E-state index contributed by atoms with van der Waals surface area (Å²) in [7, 11) is 0. The van der Waals surface area contributed by atoms with Gasteiger partial charge in [0.2, 0.25) is 0 Å². The maximum atomic E-state index is 12.8. The lowest BCUT2D eigenvalue weighted by atomic mass is 10.0. The van der Waals surface area contributed by atoms with Crippen LogP contribution < -0.4 is 0 Å². The summed E-state index contributed by atoms with van der Waals surface area (Å²) in [6.45, 7) is 7.83. The minimum absolute atomic E-state index is 0.0838. The molecule has 0 aromatic carbocycles. The molecule has 0 aliphatic carbocycles. The van der Waals surface area contributed by atoms with Gasteiger partial charge in [-0.1, -0.05) is 250 Å². The molecule has 0 aromatic heterocycles. The molecule has 5 nitrogen and oxygen atoms in total. The van der Waals surface area contributed by atoms with Gasteiger partial charge in [-0.05, 0) is 77.0 Å². The van der Waals surface area contributed by atoms with Gasteiger partial charge in [0.05, 0.1) is 6.61 Å². The summed E-state index contributed by atoms with van der Waals surface area (Å²) in [6, 6.07) is 0. The van der Waals surface area contributed by atoms with Gasteiger partial charge in [0.25, 0.3) is 0 Å². The van der Waals surface area contributed by atoms with E-state index in [-0.39, 0.29) is 25.2 Å². The van der Waals surface area contributed by atoms with Gasteiger partial charge in [-0.3, -0.25) is 9.59 Å². The molecule has 0 N–H and O–H groups in total. The van der Waals surface area contributed by atoms with Gasteiger partial charge in [-0.2, -0.15) is 0 Å². The zero-order valence-electron chi connectivity index (χ0n) is 43.3. The molecule has 376 valence electrons. The lowest BCUT2D eigenvalue weighted by Gasteiger charge is -2.18. The molecule has 0 saturated heterocycles. The minimum Gasteiger partial charge on any atom is -0.462 e. The zero-order valence-corrected chi connectivity index (χ0v) is 43.3. The number of rotatable bonds is 53. The first-order valence-corrected chi connectivity index (χ1v) is 28.5. The van der Waals surface area contributed by atoms with E-state index in [1.54, 1.807) is 0 Å². The Kier molecular flexibility index (Phi) is 53.8. The maximum Gasteiger partial charge on any atom is 0.306 e. The molecular formula is C59H110O5. The normalized spacial score (nSPS) is 12.4. The van der Waals surface area contributed by atoms with Gasteiger partial charge < -0.3 is 14.2 Å². The number of carbonyl (C=O) groups is 2. The Labute approximate surface area is 400 Å². The van der Waals surface area contributed by atoms with Crippen molar-refractivity contribution in [2.24, 2.45) is 0 Å².